The topological polar surface area (TPSA) is 74.7 Å². The largest absolute Gasteiger partial charge is 0.354 e. The van der Waals surface area contributed by atoms with Gasteiger partial charge in [0.25, 0.3) is 5.56 Å². The number of hydrogen-bond donors (Lipinski definition) is 1. The van der Waals surface area contributed by atoms with Crippen LogP contribution in [0.2, 0.25) is 0 Å². The maximum Gasteiger partial charge on any atom is 0.251 e. The number of hydrogen-bond acceptors (Lipinski definition) is 4. The molecule has 2 amide bonds. The maximum atomic E-state index is 12.6. The summed E-state index contributed by atoms with van der Waals surface area (Å²) in [5, 5.41) is 2.91. The lowest BCUT2D eigenvalue weighted by molar-refractivity contribution is -0.128. The molecule has 0 unspecified atom stereocenters. The highest BCUT2D eigenvalue weighted by atomic mass is 16.2. The van der Waals surface area contributed by atoms with Gasteiger partial charge in [0.1, 0.15) is 0 Å². The number of carbonyl (C=O) groups is 2. The highest BCUT2D eigenvalue weighted by Crippen LogP contribution is 2.40. The molecular weight excluding hydrogens is 344 g/mol. The van der Waals surface area contributed by atoms with E-state index in [0.29, 0.717) is 24.8 Å². The Morgan fingerprint density at radius 3 is 2.81 bits per heavy atom. The fourth-order valence-electron chi connectivity index (χ4n) is 5.03. The van der Waals surface area contributed by atoms with E-state index in [4.69, 9.17) is 0 Å². The average Bonchev–Trinajstić information content (AvgIpc) is 3.05. The predicted octanol–water partition coefficient (Wildman–Crippen LogP) is 0.567. The minimum absolute atomic E-state index is 0.00920. The van der Waals surface area contributed by atoms with Crippen molar-refractivity contribution >= 4 is 11.8 Å². The lowest BCUT2D eigenvalue weighted by atomic mass is 9.78. The first-order chi connectivity index (χ1) is 13.0. The van der Waals surface area contributed by atoms with E-state index in [0.717, 1.165) is 51.3 Å². The molecule has 146 valence electrons. The SMILES string of the molecule is CC(=O)NC[C@H]1[C@H]2C[C@H](CN(CCN3CCCC3=O)C2)c2cccc(=O)n21. The average molecular weight is 372 g/mol. The minimum Gasteiger partial charge on any atom is -0.354 e. The van der Waals surface area contributed by atoms with Crippen molar-refractivity contribution in [2.24, 2.45) is 5.92 Å². The molecule has 3 aliphatic heterocycles. The van der Waals surface area contributed by atoms with Crippen molar-refractivity contribution in [2.45, 2.75) is 38.1 Å². The molecule has 7 heteroatoms. The first-order valence-electron chi connectivity index (χ1n) is 9.99. The van der Waals surface area contributed by atoms with Gasteiger partial charge < -0.3 is 19.7 Å². The molecule has 27 heavy (non-hydrogen) atoms. The summed E-state index contributed by atoms with van der Waals surface area (Å²) in [6.45, 7) is 6.38. The third kappa shape index (κ3) is 3.65. The van der Waals surface area contributed by atoms with Crippen LogP contribution in [0.5, 0.6) is 0 Å². The molecule has 2 fully saturated rings. The number of amides is 2. The second-order valence-electron chi connectivity index (χ2n) is 8.10. The number of nitrogens with one attached hydrogen (secondary N) is 1. The Morgan fingerprint density at radius 1 is 1.22 bits per heavy atom. The molecule has 4 heterocycles. The van der Waals surface area contributed by atoms with Crippen LogP contribution in [-0.2, 0) is 9.59 Å². The van der Waals surface area contributed by atoms with E-state index in [1.807, 2.05) is 15.5 Å². The third-order valence-corrected chi connectivity index (χ3v) is 6.29. The Kier molecular flexibility index (Phi) is 5.04. The standard InChI is InChI=1S/C20H28N4O3/c1-14(25)21-11-18-16-10-15(17-4-2-5-20(27)24(17)18)12-22(13-16)8-9-23-7-3-6-19(23)26/h2,4-5,15-16,18H,3,6-13H2,1H3,(H,21,25)/t15-,16+,18+/m1/s1. The number of fused-ring (bicyclic) bond motifs is 4. The number of rotatable bonds is 5. The normalized spacial score (nSPS) is 27.5. The second kappa shape index (κ2) is 7.46. The Hall–Kier alpha value is -2.15. The zero-order valence-electron chi connectivity index (χ0n) is 15.9. The van der Waals surface area contributed by atoms with Crippen LogP contribution >= 0.6 is 0 Å². The van der Waals surface area contributed by atoms with Crippen LogP contribution in [0.25, 0.3) is 0 Å². The van der Waals surface area contributed by atoms with Gasteiger partial charge in [-0.05, 0) is 24.8 Å². The highest BCUT2D eigenvalue weighted by Gasteiger charge is 2.40. The lowest BCUT2D eigenvalue weighted by Crippen LogP contribution is -2.52. The summed E-state index contributed by atoms with van der Waals surface area (Å²) < 4.78 is 1.91. The van der Waals surface area contributed by atoms with Gasteiger partial charge in [-0.1, -0.05) is 6.07 Å². The summed E-state index contributed by atoms with van der Waals surface area (Å²) in [6, 6.07) is 5.50. The first kappa shape index (κ1) is 18.2. The van der Waals surface area contributed by atoms with Crippen molar-refractivity contribution < 1.29 is 9.59 Å². The molecule has 2 bridgehead atoms. The summed E-state index contributed by atoms with van der Waals surface area (Å²) in [6.07, 6.45) is 2.70. The summed E-state index contributed by atoms with van der Waals surface area (Å²) in [5.74, 6) is 0.869. The lowest BCUT2D eigenvalue weighted by Gasteiger charge is -2.47. The number of pyridine rings is 1. The van der Waals surface area contributed by atoms with Gasteiger partial charge in [0.2, 0.25) is 11.8 Å². The number of nitrogens with zero attached hydrogens (tertiary/aromatic N) is 3. The number of likely N-dealkylation sites (tertiary alicyclic amines) is 2. The summed E-state index contributed by atoms with van der Waals surface area (Å²) in [4.78, 5) is 40.3. The van der Waals surface area contributed by atoms with Crippen molar-refractivity contribution in [3.05, 3.63) is 34.2 Å². The molecule has 1 aromatic rings. The number of aromatic nitrogens is 1. The maximum absolute atomic E-state index is 12.6. The Labute approximate surface area is 159 Å². The zero-order valence-corrected chi connectivity index (χ0v) is 15.9. The smallest absolute Gasteiger partial charge is 0.251 e. The van der Waals surface area contributed by atoms with Gasteiger partial charge in [-0.25, -0.2) is 0 Å². The molecule has 7 nitrogen and oxygen atoms in total. The van der Waals surface area contributed by atoms with Crippen LogP contribution in [0.3, 0.4) is 0 Å². The van der Waals surface area contributed by atoms with Crippen LogP contribution in [-0.4, -0.2) is 65.4 Å². The van der Waals surface area contributed by atoms with Crippen molar-refractivity contribution in [1.82, 2.24) is 19.7 Å². The minimum atomic E-state index is -0.0668. The van der Waals surface area contributed by atoms with Gasteiger partial charge >= 0.3 is 0 Å². The van der Waals surface area contributed by atoms with E-state index in [2.05, 4.69) is 16.3 Å². The van der Waals surface area contributed by atoms with E-state index >= 15 is 0 Å². The molecule has 0 saturated carbocycles. The molecule has 3 atom stereocenters. The van der Waals surface area contributed by atoms with Crippen molar-refractivity contribution in [3.63, 3.8) is 0 Å². The van der Waals surface area contributed by atoms with Gasteiger partial charge in [0.15, 0.2) is 0 Å². The van der Waals surface area contributed by atoms with Crippen molar-refractivity contribution in [3.8, 4) is 0 Å². The molecular formula is C20H28N4O3. The van der Waals surface area contributed by atoms with Crippen molar-refractivity contribution in [1.29, 1.82) is 0 Å². The monoisotopic (exact) mass is 372 g/mol. The molecule has 0 aliphatic carbocycles. The summed E-state index contributed by atoms with van der Waals surface area (Å²) in [7, 11) is 0. The summed E-state index contributed by atoms with van der Waals surface area (Å²) in [5.41, 5.74) is 1.10. The van der Waals surface area contributed by atoms with E-state index in [-0.39, 0.29) is 23.4 Å². The van der Waals surface area contributed by atoms with Crippen LogP contribution in [0.15, 0.2) is 23.0 Å². The molecule has 1 aromatic heterocycles. The van der Waals surface area contributed by atoms with Gasteiger partial charge in [0.05, 0.1) is 6.04 Å². The fraction of sp³-hybridized carbons (Fsp3) is 0.650. The van der Waals surface area contributed by atoms with Gasteiger partial charge in [0, 0.05) is 70.3 Å². The molecule has 1 N–H and O–H groups in total. The second-order valence-corrected chi connectivity index (χ2v) is 8.10. The Bertz CT molecular complexity index is 790. The van der Waals surface area contributed by atoms with Crippen LogP contribution < -0.4 is 10.9 Å². The van der Waals surface area contributed by atoms with E-state index in [1.54, 1.807) is 6.07 Å². The quantitative estimate of drug-likeness (QED) is 0.820. The Morgan fingerprint density at radius 2 is 2.07 bits per heavy atom. The summed E-state index contributed by atoms with van der Waals surface area (Å²) >= 11 is 0. The van der Waals surface area contributed by atoms with Crippen LogP contribution in [0.4, 0.5) is 0 Å². The van der Waals surface area contributed by atoms with E-state index in [9.17, 15) is 14.4 Å². The number of carbonyl (C=O) groups excluding carboxylic acids is 2. The molecule has 2 saturated heterocycles. The third-order valence-electron chi connectivity index (χ3n) is 6.29. The predicted molar refractivity (Wildman–Crippen MR) is 102 cm³/mol. The van der Waals surface area contributed by atoms with Crippen LogP contribution in [0, 0.1) is 5.92 Å². The van der Waals surface area contributed by atoms with Crippen LogP contribution in [0.1, 0.15) is 43.8 Å². The molecule has 0 spiro atoms. The molecule has 4 rings (SSSR count). The fourth-order valence-corrected chi connectivity index (χ4v) is 5.03. The molecule has 0 aromatic carbocycles. The van der Waals surface area contributed by atoms with Crippen molar-refractivity contribution in [2.75, 3.05) is 39.3 Å². The van der Waals surface area contributed by atoms with Gasteiger partial charge in [-0.3, -0.25) is 14.4 Å². The zero-order chi connectivity index (χ0) is 19.0. The highest BCUT2D eigenvalue weighted by molar-refractivity contribution is 5.78. The molecule has 0 radical (unpaired) electrons. The Balaban J connectivity index is 1.53. The van der Waals surface area contributed by atoms with Gasteiger partial charge in [-0.2, -0.15) is 0 Å². The van der Waals surface area contributed by atoms with E-state index in [1.165, 1.54) is 6.92 Å². The first-order valence-corrected chi connectivity index (χ1v) is 9.99. The van der Waals surface area contributed by atoms with E-state index < -0.39 is 0 Å². The van der Waals surface area contributed by atoms with Gasteiger partial charge in [-0.15, -0.1) is 0 Å². The molecule has 3 aliphatic rings. The number of piperidine rings is 1.